The molecular formula is C29H54I2O4. The van der Waals surface area contributed by atoms with E-state index in [-0.39, 0.29) is 11.9 Å². The number of hydrogen-bond donors (Lipinski definition) is 0. The molecule has 0 aliphatic carbocycles. The summed E-state index contributed by atoms with van der Waals surface area (Å²) < 4.78 is 12.8. The normalized spacial score (nSPS) is 11.0. The molecule has 0 rings (SSSR count). The molecule has 0 saturated carbocycles. The zero-order valence-corrected chi connectivity index (χ0v) is 26.8. The fourth-order valence-electron chi connectivity index (χ4n) is 4.10. The standard InChI is InChI=1S/C29H54I2O4/c30-24-18-16-22-28(32)34-26-20-14-12-10-8-6-4-2-1-3-5-7-9-11-13-15-21-27-35-29(33)23-17-19-25-31/h1-27H2. The van der Waals surface area contributed by atoms with Crippen LogP contribution in [0.4, 0.5) is 0 Å². The van der Waals surface area contributed by atoms with Gasteiger partial charge in [-0.1, -0.05) is 141 Å². The molecule has 6 heteroatoms. The van der Waals surface area contributed by atoms with Crippen LogP contribution in [0.1, 0.15) is 148 Å². The summed E-state index contributed by atoms with van der Waals surface area (Å²) in [5.41, 5.74) is 0. The first-order valence-corrected chi connectivity index (χ1v) is 17.7. The summed E-state index contributed by atoms with van der Waals surface area (Å²) in [6, 6.07) is 0. The Kier molecular flexibility index (Phi) is 31.0. The van der Waals surface area contributed by atoms with Crippen molar-refractivity contribution in [3.05, 3.63) is 0 Å². The molecule has 0 unspecified atom stereocenters. The maximum absolute atomic E-state index is 11.5. The van der Waals surface area contributed by atoms with Crippen molar-refractivity contribution in [2.24, 2.45) is 0 Å². The Morgan fingerprint density at radius 2 is 0.629 bits per heavy atom. The van der Waals surface area contributed by atoms with Crippen LogP contribution >= 0.6 is 45.2 Å². The monoisotopic (exact) mass is 720 g/mol. The third kappa shape index (κ3) is 30.5. The quantitative estimate of drug-likeness (QED) is 0.0350. The molecule has 0 spiro atoms. The largest absolute Gasteiger partial charge is 0.466 e. The average molecular weight is 721 g/mol. The van der Waals surface area contributed by atoms with Gasteiger partial charge in [0, 0.05) is 12.8 Å². The van der Waals surface area contributed by atoms with E-state index in [9.17, 15) is 9.59 Å². The van der Waals surface area contributed by atoms with Crippen molar-refractivity contribution in [2.45, 2.75) is 148 Å². The van der Waals surface area contributed by atoms with Gasteiger partial charge in [-0.05, 0) is 47.4 Å². The molecule has 0 saturated heterocycles. The van der Waals surface area contributed by atoms with Crippen LogP contribution < -0.4 is 0 Å². The lowest BCUT2D eigenvalue weighted by Crippen LogP contribution is -2.05. The van der Waals surface area contributed by atoms with Gasteiger partial charge in [-0.15, -0.1) is 0 Å². The fraction of sp³-hybridized carbons (Fsp3) is 0.931. The van der Waals surface area contributed by atoms with Gasteiger partial charge in [0.1, 0.15) is 0 Å². The fourth-order valence-corrected chi connectivity index (χ4v) is 5.18. The van der Waals surface area contributed by atoms with Crippen LogP contribution in [0.25, 0.3) is 0 Å². The van der Waals surface area contributed by atoms with Crippen molar-refractivity contribution in [2.75, 3.05) is 22.1 Å². The van der Waals surface area contributed by atoms with Gasteiger partial charge in [-0.3, -0.25) is 9.59 Å². The Morgan fingerprint density at radius 1 is 0.371 bits per heavy atom. The van der Waals surface area contributed by atoms with Crippen molar-refractivity contribution in [1.29, 1.82) is 0 Å². The number of carbonyl (C=O) groups excluding carboxylic acids is 2. The smallest absolute Gasteiger partial charge is 0.305 e. The first-order chi connectivity index (χ1) is 17.2. The highest BCUT2D eigenvalue weighted by Gasteiger charge is 2.03. The molecule has 4 nitrogen and oxygen atoms in total. The van der Waals surface area contributed by atoms with E-state index in [1.807, 2.05) is 0 Å². The van der Waals surface area contributed by atoms with Gasteiger partial charge in [-0.2, -0.15) is 0 Å². The van der Waals surface area contributed by atoms with Crippen molar-refractivity contribution >= 4 is 57.1 Å². The van der Waals surface area contributed by atoms with E-state index in [0.717, 1.165) is 47.4 Å². The van der Waals surface area contributed by atoms with Gasteiger partial charge in [0.05, 0.1) is 13.2 Å². The molecule has 0 aromatic heterocycles. The van der Waals surface area contributed by atoms with Gasteiger partial charge >= 0.3 is 11.9 Å². The molecule has 208 valence electrons. The Labute approximate surface area is 244 Å². The van der Waals surface area contributed by atoms with Gasteiger partial charge in [0.2, 0.25) is 0 Å². The second-order valence-corrected chi connectivity index (χ2v) is 11.9. The second kappa shape index (κ2) is 30.6. The van der Waals surface area contributed by atoms with Gasteiger partial charge < -0.3 is 9.47 Å². The molecule has 0 aromatic rings. The summed E-state index contributed by atoms with van der Waals surface area (Å²) >= 11 is 4.69. The van der Waals surface area contributed by atoms with E-state index < -0.39 is 0 Å². The number of ether oxygens (including phenoxy) is 2. The zero-order chi connectivity index (χ0) is 25.7. The Hall–Kier alpha value is 0.400. The summed E-state index contributed by atoms with van der Waals surface area (Å²) in [5.74, 6) is -0.0297. The maximum Gasteiger partial charge on any atom is 0.305 e. The number of unbranched alkanes of at least 4 members (excludes halogenated alkanes) is 18. The third-order valence-electron chi connectivity index (χ3n) is 6.34. The van der Waals surface area contributed by atoms with E-state index in [2.05, 4.69) is 45.2 Å². The van der Waals surface area contributed by atoms with Crippen molar-refractivity contribution < 1.29 is 19.1 Å². The summed E-state index contributed by atoms with van der Waals surface area (Å²) in [6.45, 7) is 1.22. The van der Waals surface area contributed by atoms with E-state index in [1.165, 1.54) is 96.3 Å². The lowest BCUT2D eigenvalue weighted by atomic mass is 10.0. The lowest BCUT2D eigenvalue weighted by Gasteiger charge is -2.05. The molecule has 0 aromatic carbocycles. The van der Waals surface area contributed by atoms with Gasteiger partial charge in [-0.25, -0.2) is 0 Å². The van der Waals surface area contributed by atoms with Crippen LogP contribution in [0.15, 0.2) is 0 Å². The number of halogens is 2. The van der Waals surface area contributed by atoms with Crippen molar-refractivity contribution in [3.63, 3.8) is 0 Å². The molecule has 35 heavy (non-hydrogen) atoms. The number of hydrogen-bond acceptors (Lipinski definition) is 4. The Bertz CT molecular complexity index is 420. The van der Waals surface area contributed by atoms with E-state index in [4.69, 9.17) is 9.47 Å². The van der Waals surface area contributed by atoms with Crippen LogP contribution in [0.2, 0.25) is 0 Å². The Balaban J connectivity index is 3.12. The summed E-state index contributed by atoms with van der Waals surface area (Å²) in [7, 11) is 0. The molecule has 0 fully saturated rings. The Morgan fingerprint density at radius 3 is 0.886 bits per heavy atom. The predicted molar refractivity (Wildman–Crippen MR) is 166 cm³/mol. The number of alkyl halides is 2. The minimum absolute atomic E-state index is 0.0148. The molecule has 0 N–H and O–H groups in total. The maximum atomic E-state index is 11.5. The molecular weight excluding hydrogens is 666 g/mol. The highest BCUT2D eigenvalue weighted by atomic mass is 127. The topological polar surface area (TPSA) is 52.6 Å². The molecule has 0 aliphatic rings. The first-order valence-electron chi connectivity index (χ1n) is 14.6. The highest BCUT2D eigenvalue weighted by Crippen LogP contribution is 2.14. The van der Waals surface area contributed by atoms with Crippen LogP contribution in [0.5, 0.6) is 0 Å². The summed E-state index contributed by atoms with van der Waals surface area (Å²) in [6.07, 6.45) is 27.3. The lowest BCUT2D eigenvalue weighted by molar-refractivity contribution is -0.144. The molecule has 0 amide bonds. The van der Waals surface area contributed by atoms with E-state index in [1.54, 1.807) is 0 Å². The average Bonchev–Trinajstić information content (AvgIpc) is 2.85. The summed E-state index contributed by atoms with van der Waals surface area (Å²) in [5, 5.41) is 0. The molecule has 0 atom stereocenters. The van der Waals surface area contributed by atoms with Gasteiger partial charge in [0.25, 0.3) is 0 Å². The van der Waals surface area contributed by atoms with Crippen LogP contribution in [0, 0.1) is 0 Å². The molecule has 0 bridgehead atoms. The number of rotatable bonds is 28. The van der Waals surface area contributed by atoms with E-state index >= 15 is 0 Å². The summed E-state index contributed by atoms with van der Waals surface area (Å²) in [4.78, 5) is 23.0. The van der Waals surface area contributed by atoms with Crippen LogP contribution in [-0.4, -0.2) is 34.0 Å². The van der Waals surface area contributed by atoms with Crippen LogP contribution in [0.3, 0.4) is 0 Å². The SMILES string of the molecule is O=C(CCCCI)OCCCCCCCCCCCCCCCCCCCOC(=O)CCCCI. The first kappa shape index (κ1) is 35.4. The van der Waals surface area contributed by atoms with Crippen LogP contribution in [-0.2, 0) is 19.1 Å². The number of carbonyl (C=O) groups is 2. The van der Waals surface area contributed by atoms with Crippen molar-refractivity contribution in [3.8, 4) is 0 Å². The van der Waals surface area contributed by atoms with Crippen molar-refractivity contribution in [1.82, 2.24) is 0 Å². The second-order valence-electron chi connectivity index (χ2n) is 9.74. The zero-order valence-electron chi connectivity index (χ0n) is 22.5. The molecule has 0 heterocycles. The minimum Gasteiger partial charge on any atom is -0.466 e. The minimum atomic E-state index is -0.0148. The number of esters is 2. The highest BCUT2D eigenvalue weighted by molar-refractivity contribution is 14.1. The third-order valence-corrected chi connectivity index (χ3v) is 7.87. The molecule has 0 radical (unpaired) electrons. The van der Waals surface area contributed by atoms with Gasteiger partial charge in [0.15, 0.2) is 0 Å². The molecule has 0 aliphatic heterocycles. The predicted octanol–water partition coefficient (Wildman–Crippen LogP) is 9.92. The van der Waals surface area contributed by atoms with E-state index in [0.29, 0.717) is 26.1 Å².